The Morgan fingerprint density at radius 1 is 1.21 bits per heavy atom. The van der Waals surface area contributed by atoms with Crippen molar-refractivity contribution in [1.29, 1.82) is 0 Å². The van der Waals surface area contributed by atoms with E-state index >= 15 is 0 Å². The summed E-state index contributed by atoms with van der Waals surface area (Å²) in [5.74, 6) is -0.431. The molecule has 0 atom stereocenters. The van der Waals surface area contributed by atoms with Crippen LogP contribution in [-0.4, -0.2) is 6.29 Å². The summed E-state index contributed by atoms with van der Waals surface area (Å²) in [5.41, 5.74) is 2.55. The summed E-state index contributed by atoms with van der Waals surface area (Å²) >= 11 is 0. The molecule has 0 spiro atoms. The number of aldehydes is 1. The maximum atomic E-state index is 14.1. The van der Waals surface area contributed by atoms with Gasteiger partial charge in [0.25, 0.3) is 0 Å². The van der Waals surface area contributed by atoms with Crippen molar-refractivity contribution in [2.75, 3.05) is 0 Å². The summed E-state index contributed by atoms with van der Waals surface area (Å²) in [6.07, 6.45) is 0.511. The van der Waals surface area contributed by atoms with Crippen molar-refractivity contribution in [3.63, 3.8) is 0 Å². The summed E-state index contributed by atoms with van der Waals surface area (Å²) in [6, 6.07) is 11.1. The highest BCUT2D eigenvalue weighted by atomic mass is 19.1. The van der Waals surface area contributed by atoms with E-state index in [4.69, 9.17) is 4.74 Å². The van der Waals surface area contributed by atoms with E-state index in [1.165, 1.54) is 6.07 Å². The van der Waals surface area contributed by atoms with Gasteiger partial charge < -0.3 is 4.74 Å². The van der Waals surface area contributed by atoms with Crippen molar-refractivity contribution < 1.29 is 13.9 Å². The second-order valence-electron chi connectivity index (χ2n) is 4.44. The first-order valence-electron chi connectivity index (χ1n) is 6.05. The van der Waals surface area contributed by atoms with Gasteiger partial charge in [0.2, 0.25) is 0 Å². The van der Waals surface area contributed by atoms with E-state index in [1.807, 2.05) is 37.3 Å². The quantitative estimate of drug-likeness (QED) is 0.779. The van der Waals surface area contributed by atoms with Gasteiger partial charge in [-0.1, -0.05) is 30.3 Å². The maximum Gasteiger partial charge on any atom is 0.175 e. The lowest BCUT2D eigenvalue weighted by Crippen LogP contribution is -2.03. The zero-order chi connectivity index (χ0) is 13.8. The fourth-order valence-corrected chi connectivity index (χ4v) is 1.87. The Labute approximate surface area is 111 Å². The van der Waals surface area contributed by atoms with Crippen molar-refractivity contribution in [3.8, 4) is 5.75 Å². The van der Waals surface area contributed by atoms with Crippen molar-refractivity contribution in [3.05, 3.63) is 64.5 Å². The monoisotopic (exact) mass is 258 g/mol. The first kappa shape index (κ1) is 13.3. The molecule has 0 aliphatic heterocycles. The van der Waals surface area contributed by atoms with Gasteiger partial charge >= 0.3 is 0 Å². The van der Waals surface area contributed by atoms with Crippen LogP contribution in [0.25, 0.3) is 0 Å². The molecule has 0 amide bonds. The van der Waals surface area contributed by atoms with E-state index in [0.717, 1.165) is 16.7 Å². The molecule has 0 aliphatic rings. The average molecular weight is 258 g/mol. The molecule has 0 N–H and O–H groups in total. The molecule has 0 fully saturated rings. The van der Waals surface area contributed by atoms with Crippen LogP contribution in [0.15, 0.2) is 36.4 Å². The van der Waals surface area contributed by atoms with Crippen LogP contribution < -0.4 is 4.74 Å². The van der Waals surface area contributed by atoms with Crippen molar-refractivity contribution in [2.24, 2.45) is 0 Å². The zero-order valence-corrected chi connectivity index (χ0v) is 10.9. The molecular formula is C16H15FO2. The third-order valence-electron chi connectivity index (χ3n) is 3.11. The fourth-order valence-electron chi connectivity index (χ4n) is 1.87. The van der Waals surface area contributed by atoms with E-state index < -0.39 is 5.82 Å². The molecule has 0 aliphatic carbocycles. The van der Waals surface area contributed by atoms with Crippen molar-refractivity contribution in [1.82, 2.24) is 0 Å². The maximum absolute atomic E-state index is 14.1. The van der Waals surface area contributed by atoms with E-state index in [0.29, 0.717) is 6.29 Å². The van der Waals surface area contributed by atoms with Gasteiger partial charge in [-0.3, -0.25) is 4.79 Å². The van der Waals surface area contributed by atoms with E-state index in [2.05, 4.69) is 0 Å². The lowest BCUT2D eigenvalue weighted by atomic mass is 10.0. The Hall–Kier alpha value is -2.16. The molecule has 19 heavy (non-hydrogen) atoms. The summed E-state index contributed by atoms with van der Waals surface area (Å²) in [5, 5.41) is 0. The Morgan fingerprint density at radius 3 is 2.53 bits per heavy atom. The summed E-state index contributed by atoms with van der Waals surface area (Å²) < 4.78 is 19.6. The fraction of sp³-hybridized carbons (Fsp3) is 0.188. The number of halogens is 1. The first-order chi connectivity index (χ1) is 9.13. The highest BCUT2D eigenvalue weighted by Gasteiger charge is 2.14. The molecule has 0 saturated heterocycles. The molecule has 2 nitrogen and oxygen atoms in total. The van der Waals surface area contributed by atoms with Gasteiger partial charge in [-0.2, -0.15) is 0 Å². The Morgan fingerprint density at radius 2 is 1.89 bits per heavy atom. The second kappa shape index (κ2) is 5.65. The van der Waals surface area contributed by atoms with E-state index in [9.17, 15) is 9.18 Å². The minimum atomic E-state index is -0.589. The normalized spacial score (nSPS) is 10.3. The summed E-state index contributed by atoms with van der Waals surface area (Å²) in [7, 11) is 0. The predicted octanol–water partition coefficient (Wildman–Crippen LogP) is 3.83. The summed E-state index contributed by atoms with van der Waals surface area (Å²) in [6.45, 7) is 3.89. The van der Waals surface area contributed by atoms with Crippen LogP contribution in [0.2, 0.25) is 0 Å². The molecule has 2 aromatic carbocycles. The molecule has 0 heterocycles. The summed E-state index contributed by atoms with van der Waals surface area (Å²) in [4.78, 5) is 10.8. The largest absolute Gasteiger partial charge is 0.486 e. The minimum absolute atomic E-state index is 0.0335. The number of ether oxygens (including phenoxy) is 1. The first-order valence-corrected chi connectivity index (χ1v) is 6.05. The van der Waals surface area contributed by atoms with Crippen LogP contribution in [-0.2, 0) is 6.61 Å². The SMILES string of the molecule is Cc1cc(C=O)c(F)c(OCc2ccccc2)c1C. The number of carbonyl (C=O) groups is 1. The highest BCUT2D eigenvalue weighted by molar-refractivity contribution is 5.77. The predicted molar refractivity (Wildman–Crippen MR) is 72.0 cm³/mol. The van der Waals surface area contributed by atoms with Gasteiger partial charge in [-0.15, -0.1) is 0 Å². The van der Waals surface area contributed by atoms with Crippen LogP contribution in [0, 0.1) is 19.7 Å². The van der Waals surface area contributed by atoms with Gasteiger partial charge in [-0.25, -0.2) is 4.39 Å². The van der Waals surface area contributed by atoms with E-state index in [1.54, 1.807) is 6.92 Å². The number of hydrogen-bond acceptors (Lipinski definition) is 2. The number of benzene rings is 2. The third-order valence-corrected chi connectivity index (χ3v) is 3.11. The third kappa shape index (κ3) is 2.81. The topological polar surface area (TPSA) is 26.3 Å². The van der Waals surface area contributed by atoms with Gasteiger partial charge in [0.15, 0.2) is 17.9 Å². The highest BCUT2D eigenvalue weighted by Crippen LogP contribution is 2.28. The lowest BCUT2D eigenvalue weighted by Gasteiger charge is -2.13. The number of rotatable bonds is 4. The molecule has 0 radical (unpaired) electrons. The molecule has 0 unspecified atom stereocenters. The Balaban J connectivity index is 2.29. The average Bonchev–Trinajstić information content (AvgIpc) is 2.44. The van der Waals surface area contributed by atoms with Gasteiger partial charge in [0.1, 0.15) is 6.61 Å². The molecule has 0 bridgehead atoms. The molecule has 2 aromatic rings. The van der Waals surface area contributed by atoms with Crippen molar-refractivity contribution >= 4 is 6.29 Å². The molecule has 0 saturated carbocycles. The van der Waals surface area contributed by atoms with Gasteiger partial charge in [-0.05, 0) is 36.6 Å². The Kier molecular flexibility index (Phi) is 3.95. The molecule has 98 valence electrons. The van der Waals surface area contributed by atoms with Crippen LogP contribution >= 0.6 is 0 Å². The van der Waals surface area contributed by atoms with Crippen LogP contribution in [0.4, 0.5) is 4.39 Å². The molecular weight excluding hydrogens is 243 g/mol. The van der Waals surface area contributed by atoms with Crippen LogP contribution in [0.1, 0.15) is 27.0 Å². The van der Waals surface area contributed by atoms with E-state index in [-0.39, 0.29) is 17.9 Å². The van der Waals surface area contributed by atoms with Crippen molar-refractivity contribution in [2.45, 2.75) is 20.5 Å². The van der Waals surface area contributed by atoms with Gasteiger partial charge in [0, 0.05) is 0 Å². The minimum Gasteiger partial charge on any atom is -0.486 e. The molecule has 3 heteroatoms. The molecule has 2 rings (SSSR count). The standard InChI is InChI=1S/C16H15FO2/c1-11-8-14(9-18)15(17)16(12(11)2)19-10-13-6-4-3-5-7-13/h3-9H,10H2,1-2H3. The smallest absolute Gasteiger partial charge is 0.175 e. The van der Waals surface area contributed by atoms with Crippen LogP contribution in [0.3, 0.4) is 0 Å². The number of carbonyl (C=O) groups excluding carboxylic acids is 1. The Bertz CT molecular complexity index is 591. The zero-order valence-electron chi connectivity index (χ0n) is 10.9. The second-order valence-corrected chi connectivity index (χ2v) is 4.44. The number of aryl methyl sites for hydroxylation is 1. The van der Waals surface area contributed by atoms with Crippen LogP contribution in [0.5, 0.6) is 5.75 Å². The van der Waals surface area contributed by atoms with Gasteiger partial charge in [0.05, 0.1) is 5.56 Å². The lowest BCUT2D eigenvalue weighted by molar-refractivity contribution is 0.111. The number of hydrogen-bond donors (Lipinski definition) is 0. The molecule has 0 aromatic heterocycles.